The van der Waals surface area contributed by atoms with Gasteiger partial charge >= 0.3 is 0 Å². The Labute approximate surface area is 396 Å². The van der Waals surface area contributed by atoms with Gasteiger partial charge in [0.15, 0.2) is 0 Å². The van der Waals surface area contributed by atoms with E-state index in [4.69, 9.17) is 5.73 Å². The Bertz CT molecular complexity index is 3120. The van der Waals surface area contributed by atoms with E-state index in [0.717, 1.165) is 72.4 Å². The van der Waals surface area contributed by atoms with Crippen LogP contribution in [0.1, 0.15) is 70.2 Å². The molecule has 0 amide bonds. The average molecular weight is 868 g/mol. The number of allylic oxidation sites excluding steroid dienone is 10. The molecule has 1 heterocycles. The third-order valence-electron chi connectivity index (χ3n) is 13.6. The van der Waals surface area contributed by atoms with Gasteiger partial charge in [-0.15, -0.1) is 0 Å². The zero-order chi connectivity index (χ0) is 45.5. The summed E-state index contributed by atoms with van der Waals surface area (Å²) in [5.41, 5.74) is 29.7. The number of benzene rings is 7. The van der Waals surface area contributed by atoms with Gasteiger partial charge in [-0.1, -0.05) is 170 Å². The lowest BCUT2D eigenvalue weighted by atomic mass is 9.75. The zero-order valence-corrected chi connectivity index (χ0v) is 38.3. The van der Waals surface area contributed by atoms with Crippen molar-refractivity contribution in [3.8, 4) is 33.4 Å². The number of nitrogens with two attached hydrogens (primary N) is 1. The normalized spacial score (nSPS) is 16.4. The van der Waals surface area contributed by atoms with Crippen LogP contribution in [0.5, 0.6) is 0 Å². The van der Waals surface area contributed by atoms with E-state index in [1.54, 1.807) is 0 Å². The standard InChI is InChI=1S/C64H57N3/c1-3-5-15-47(4-2)51-29-34-64(65)63(40-51)59-38-46(21-24-53(59)37-44-13-8-6-9-14-44)36-45-19-22-48(23-20-45)49-27-30-56(31-28-49)67-57-32-33-58-60(50-16-10-7-11-17-50)41-54-26-25-52(39-61(54)62(58)42-57)55-18-12-35-66-43-55/h3-11,13,15-34,38-40,42-44,60,67H,1,12,14,35-37,41,65H2,2H3/b15-5-,47-4+. The van der Waals surface area contributed by atoms with Gasteiger partial charge in [0, 0.05) is 41.3 Å². The quantitative estimate of drug-likeness (QED) is 0.0896. The van der Waals surface area contributed by atoms with Gasteiger partial charge in [-0.2, -0.15) is 0 Å². The minimum absolute atomic E-state index is 0.305. The van der Waals surface area contributed by atoms with Crippen LogP contribution in [0.3, 0.4) is 0 Å². The molecular weight excluding hydrogens is 811 g/mol. The van der Waals surface area contributed by atoms with Gasteiger partial charge in [0.1, 0.15) is 0 Å². The molecular formula is C64H57N3. The summed E-state index contributed by atoms with van der Waals surface area (Å²) in [4.78, 5) is 4.58. The maximum absolute atomic E-state index is 6.79. The van der Waals surface area contributed by atoms with Crippen molar-refractivity contribution in [1.29, 1.82) is 0 Å². The summed E-state index contributed by atoms with van der Waals surface area (Å²) in [6, 6.07) is 56.1. The number of rotatable bonds is 13. The summed E-state index contributed by atoms with van der Waals surface area (Å²) in [6.07, 6.45) is 26.1. The van der Waals surface area contributed by atoms with E-state index in [0.29, 0.717) is 11.8 Å². The van der Waals surface area contributed by atoms with Crippen LogP contribution < -0.4 is 11.1 Å². The van der Waals surface area contributed by atoms with Gasteiger partial charge in [-0.3, -0.25) is 4.99 Å². The van der Waals surface area contributed by atoms with Gasteiger partial charge < -0.3 is 11.1 Å². The minimum atomic E-state index is 0.305. The second-order valence-electron chi connectivity index (χ2n) is 18.0. The largest absolute Gasteiger partial charge is 0.398 e. The molecule has 3 heteroatoms. The van der Waals surface area contributed by atoms with Crippen LogP contribution in [0, 0.1) is 5.92 Å². The lowest BCUT2D eigenvalue weighted by molar-refractivity contribution is 0.654. The van der Waals surface area contributed by atoms with E-state index in [9.17, 15) is 0 Å². The predicted molar refractivity (Wildman–Crippen MR) is 287 cm³/mol. The Hall–Kier alpha value is -7.75. The molecule has 2 atom stereocenters. The fourth-order valence-electron chi connectivity index (χ4n) is 10.1. The summed E-state index contributed by atoms with van der Waals surface area (Å²) >= 11 is 0. The highest BCUT2D eigenvalue weighted by molar-refractivity contribution is 6.10. The Morgan fingerprint density at radius 2 is 1.52 bits per heavy atom. The van der Waals surface area contributed by atoms with E-state index in [1.807, 2.05) is 24.4 Å². The monoisotopic (exact) mass is 867 g/mol. The second-order valence-corrected chi connectivity index (χ2v) is 18.0. The molecule has 3 nitrogen and oxygen atoms in total. The fraction of sp³-hybridized carbons (Fsp3) is 0.141. The van der Waals surface area contributed by atoms with Crippen LogP contribution in [0.15, 0.2) is 218 Å². The Morgan fingerprint density at radius 3 is 2.28 bits per heavy atom. The molecule has 2 aliphatic carbocycles. The number of nitrogen functional groups attached to an aromatic ring is 1. The minimum Gasteiger partial charge on any atom is -0.398 e. The molecule has 10 rings (SSSR count). The summed E-state index contributed by atoms with van der Waals surface area (Å²) < 4.78 is 0. The second kappa shape index (κ2) is 19.8. The third-order valence-corrected chi connectivity index (χ3v) is 13.6. The van der Waals surface area contributed by atoms with Crippen molar-refractivity contribution < 1.29 is 0 Å². The number of anilines is 3. The number of hydrogen-bond donors (Lipinski definition) is 2. The first kappa shape index (κ1) is 43.2. The molecule has 0 spiro atoms. The summed E-state index contributed by atoms with van der Waals surface area (Å²) in [5.74, 6) is 0.765. The van der Waals surface area contributed by atoms with E-state index in [2.05, 4.69) is 212 Å². The first-order valence-electron chi connectivity index (χ1n) is 23.8. The van der Waals surface area contributed by atoms with Crippen molar-refractivity contribution >= 4 is 34.4 Å². The number of nitrogens with zero attached hydrogens (tertiary/aromatic N) is 1. The molecule has 0 radical (unpaired) electrons. The topological polar surface area (TPSA) is 50.4 Å². The van der Waals surface area contributed by atoms with Gasteiger partial charge in [0.05, 0.1) is 0 Å². The first-order valence-corrected chi connectivity index (χ1v) is 23.8. The Kier molecular flexibility index (Phi) is 12.7. The summed E-state index contributed by atoms with van der Waals surface area (Å²) in [6.45, 7) is 6.81. The number of nitrogens with one attached hydrogen (secondary N) is 1. The fourth-order valence-corrected chi connectivity index (χ4v) is 10.1. The molecule has 0 aromatic heterocycles. The lowest BCUT2D eigenvalue weighted by Gasteiger charge is -2.29. The van der Waals surface area contributed by atoms with Crippen LogP contribution in [0.4, 0.5) is 17.1 Å². The van der Waals surface area contributed by atoms with E-state index in [-0.39, 0.29) is 0 Å². The van der Waals surface area contributed by atoms with Crippen LogP contribution >= 0.6 is 0 Å². The smallest absolute Gasteiger partial charge is 0.0424 e. The molecule has 0 saturated carbocycles. The van der Waals surface area contributed by atoms with Crippen LogP contribution in [0.25, 0.3) is 44.5 Å². The van der Waals surface area contributed by atoms with Crippen molar-refractivity contribution in [2.24, 2.45) is 10.9 Å². The molecule has 3 aliphatic rings. The van der Waals surface area contributed by atoms with Gasteiger partial charge in [0.25, 0.3) is 0 Å². The molecule has 328 valence electrons. The van der Waals surface area contributed by atoms with Crippen molar-refractivity contribution in [1.82, 2.24) is 0 Å². The molecule has 3 N–H and O–H groups in total. The number of hydrogen-bond acceptors (Lipinski definition) is 3. The maximum atomic E-state index is 6.79. The van der Waals surface area contributed by atoms with Gasteiger partial charge in [0.2, 0.25) is 0 Å². The summed E-state index contributed by atoms with van der Waals surface area (Å²) in [5, 5.41) is 3.74. The van der Waals surface area contributed by atoms with Crippen molar-refractivity contribution in [2.45, 2.75) is 44.9 Å². The summed E-state index contributed by atoms with van der Waals surface area (Å²) in [7, 11) is 0. The molecule has 2 unspecified atom stereocenters. The molecule has 7 aromatic rings. The number of aliphatic imine (C=N–C) groups is 1. The first-order chi connectivity index (χ1) is 33.0. The molecule has 0 bridgehead atoms. The van der Waals surface area contributed by atoms with Crippen LogP contribution in [0.2, 0.25) is 0 Å². The van der Waals surface area contributed by atoms with E-state index in [1.165, 1.54) is 72.3 Å². The lowest BCUT2D eigenvalue weighted by Crippen LogP contribution is -2.13. The van der Waals surface area contributed by atoms with Gasteiger partial charge in [-0.25, -0.2) is 0 Å². The predicted octanol–water partition coefficient (Wildman–Crippen LogP) is 16.0. The van der Waals surface area contributed by atoms with Crippen LogP contribution in [-0.4, -0.2) is 12.8 Å². The van der Waals surface area contributed by atoms with E-state index < -0.39 is 0 Å². The van der Waals surface area contributed by atoms with Crippen molar-refractivity contribution in [3.63, 3.8) is 0 Å². The molecule has 0 fully saturated rings. The van der Waals surface area contributed by atoms with Crippen LogP contribution in [-0.2, 0) is 19.3 Å². The molecule has 1 aliphatic heterocycles. The zero-order valence-electron chi connectivity index (χ0n) is 38.3. The average Bonchev–Trinajstić information content (AvgIpc) is 3.38. The SMILES string of the molecule is C=C/C=C\C(=C/C)c1ccc(N)c(-c2cc(Cc3ccc(-c4ccc(Nc5ccc6c(c5)-c5cc(C7=CCCN=C7)ccc5CC6c5ccccc5)cc4)cc3)ccc2CC2C=CC=CC2)c1. The van der Waals surface area contributed by atoms with Crippen molar-refractivity contribution in [2.75, 3.05) is 17.6 Å². The highest BCUT2D eigenvalue weighted by atomic mass is 14.9. The number of fused-ring (bicyclic) bond motifs is 3. The third kappa shape index (κ3) is 9.64. The highest BCUT2D eigenvalue weighted by Crippen LogP contribution is 2.45. The van der Waals surface area contributed by atoms with Crippen molar-refractivity contribution in [3.05, 3.63) is 257 Å². The maximum Gasteiger partial charge on any atom is 0.0424 e. The van der Waals surface area contributed by atoms with Gasteiger partial charge in [-0.05, 0) is 171 Å². The highest BCUT2D eigenvalue weighted by Gasteiger charge is 2.27. The Morgan fingerprint density at radius 1 is 0.731 bits per heavy atom. The number of dihydropyridines is 1. The molecule has 0 saturated heterocycles. The van der Waals surface area contributed by atoms with E-state index >= 15 is 0 Å². The molecule has 67 heavy (non-hydrogen) atoms. The Balaban J connectivity index is 0.878. The molecule has 7 aromatic carbocycles.